The third-order valence-electron chi connectivity index (χ3n) is 12.0. The molecule has 3 N–H and O–H groups in total. The zero-order chi connectivity index (χ0) is 45.1. The summed E-state index contributed by atoms with van der Waals surface area (Å²) in [5, 5.41) is 9.01. The second kappa shape index (κ2) is 26.6. The number of nitrogens with zero attached hydrogens (tertiary/aromatic N) is 3. The van der Waals surface area contributed by atoms with Gasteiger partial charge in [0, 0.05) is 47.3 Å². The molecule has 60 heavy (non-hydrogen) atoms. The van der Waals surface area contributed by atoms with Gasteiger partial charge in [-0.1, -0.05) is 85.2 Å². The van der Waals surface area contributed by atoms with Crippen LogP contribution >= 0.6 is 0 Å². The van der Waals surface area contributed by atoms with E-state index in [2.05, 4.69) is 16.0 Å². The van der Waals surface area contributed by atoms with Crippen molar-refractivity contribution in [3.8, 4) is 0 Å². The molecule has 1 saturated heterocycles. The molecule has 1 aromatic rings. The summed E-state index contributed by atoms with van der Waals surface area (Å²) in [7, 11) is 9.86. The van der Waals surface area contributed by atoms with Gasteiger partial charge < -0.3 is 44.7 Å². The third kappa shape index (κ3) is 15.1. The van der Waals surface area contributed by atoms with Crippen LogP contribution in [0.1, 0.15) is 79.7 Å². The minimum Gasteiger partial charge on any atom is -0.467 e. The molecule has 0 radical (unpaired) electrons. The number of ether oxygens (including phenoxy) is 4. The zero-order valence-electron chi connectivity index (χ0n) is 38.8. The Kier molecular flexibility index (Phi) is 23.3. The van der Waals surface area contributed by atoms with Crippen LogP contribution < -0.4 is 16.0 Å². The number of carbonyl (C=O) groups excluding carboxylic acids is 5. The number of likely N-dealkylation sites (tertiary alicyclic amines) is 1. The molecule has 342 valence electrons. The lowest BCUT2D eigenvalue weighted by molar-refractivity contribution is -0.149. The maximum Gasteiger partial charge on any atom is 0.328 e. The van der Waals surface area contributed by atoms with Gasteiger partial charge in [-0.05, 0) is 50.3 Å². The van der Waals surface area contributed by atoms with Gasteiger partial charge in [0.15, 0.2) is 0 Å². The van der Waals surface area contributed by atoms with Crippen LogP contribution in [0.5, 0.6) is 0 Å². The van der Waals surface area contributed by atoms with Crippen LogP contribution in [0.3, 0.4) is 0 Å². The minimum absolute atomic E-state index is 0.00651. The number of amides is 4. The molecule has 0 spiro atoms. The van der Waals surface area contributed by atoms with Crippen molar-refractivity contribution in [2.75, 3.05) is 75.3 Å². The summed E-state index contributed by atoms with van der Waals surface area (Å²) in [4.78, 5) is 74.5. The van der Waals surface area contributed by atoms with Crippen molar-refractivity contribution in [2.24, 2.45) is 23.7 Å². The Morgan fingerprint density at radius 3 is 2.10 bits per heavy atom. The van der Waals surface area contributed by atoms with Crippen LogP contribution in [0.25, 0.3) is 0 Å². The maximum absolute atomic E-state index is 14.5. The zero-order valence-corrected chi connectivity index (χ0v) is 38.8. The summed E-state index contributed by atoms with van der Waals surface area (Å²) in [5.74, 6) is -2.59. The van der Waals surface area contributed by atoms with E-state index in [1.165, 1.54) is 14.2 Å². The van der Waals surface area contributed by atoms with E-state index >= 15 is 0 Å². The monoisotopic (exact) mass is 847 g/mol. The summed E-state index contributed by atoms with van der Waals surface area (Å²) in [5.41, 5.74) is 0.873. The van der Waals surface area contributed by atoms with Gasteiger partial charge in [-0.15, -0.1) is 0 Å². The Morgan fingerprint density at radius 2 is 1.55 bits per heavy atom. The molecule has 1 aliphatic rings. The smallest absolute Gasteiger partial charge is 0.328 e. The van der Waals surface area contributed by atoms with Gasteiger partial charge in [0.2, 0.25) is 23.6 Å². The van der Waals surface area contributed by atoms with Crippen molar-refractivity contribution in [2.45, 2.75) is 123 Å². The largest absolute Gasteiger partial charge is 0.467 e. The Bertz CT molecular complexity index is 1470. The first-order valence-corrected chi connectivity index (χ1v) is 21.8. The van der Waals surface area contributed by atoms with Crippen LogP contribution in [-0.2, 0) is 49.3 Å². The fraction of sp³-hybridized carbons (Fsp3) is 0.756. The van der Waals surface area contributed by atoms with E-state index in [-0.39, 0.29) is 54.2 Å². The van der Waals surface area contributed by atoms with E-state index in [1.54, 1.807) is 30.9 Å². The van der Waals surface area contributed by atoms with Crippen LogP contribution in [-0.4, -0.2) is 162 Å². The van der Waals surface area contributed by atoms with Crippen LogP contribution in [0.15, 0.2) is 30.3 Å². The molecule has 1 aliphatic heterocycles. The summed E-state index contributed by atoms with van der Waals surface area (Å²) < 4.78 is 22.7. The van der Waals surface area contributed by atoms with Crippen molar-refractivity contribution >= 4 is 29.6 Å². The van der Waals surface area contributed by atoms with E-state index in [0.29, 0.717) is 39.1 Å². The Labute approximate surface area is 360 Å². The summed E-state index contributed by atoms with van der Waals surface area (Å²) in [6.45, 7) is 16.4. The highest BCUT2D eigenvalue weighted by molar-refractivity contribution is 5.90. The quantitative estimate of drug-likeness (QED) is 0.0880. The van der Waals surface area contributed by atoms with Crippen LogP contribution in [0, 0.1) is 23.7 Å². The molecule has 1 heterocycles. The van der Waals surface area contributed by atoms with Crippen molar-refractivity contribution in [1.82, 2.24) is 30.7 Å². The number of hydrogen-bond donors (Lipinski definition) is 3. The standard InChI is InChI=1S/C45H78N6O9/c1-14-31(6)40(50(10)44(55)38(29(2)3)48-43(54)39(30(4)5)49(9)24-26-60-25-22-46-8)36(57-11)28-37(52)51-23-18-21-35(51)41(58-12)32(7)42(53)47-34(45(56)59-13)27-33-19-16-15-17-20-33/h15-17,19-20,29-32,34-36,38-41,46H,14,18,21-28H2,1-13H3,(H,47,53)(H,48,54)/t31-,32+,34-,35-,36+,38-,39-,40-,41+/m0/s1. The summed E-state index contributed by atoms with van der Waals surface area (Å²) in [6, 6.07) is 6.30. The van der Waals surface area contributed by atoms with E-state index in [9.17, 15) is 24.0 Å². The van der Waals surface area contributed by atoms with Crippen molar-refractivity contribution < 1.29 is 42.9 Å². The average molecular weight is 847 g/mol. The Morgan fingerprint density at radius 1 is 0.883 bits per heavy atom. The number of hydrogen-bond acceptors (Lipinski definition) is 11. The number of esters is 1. The number of nitrogens with one attached hydrogen (secondary N) is 3. The van der Waals surface area contributed by atoms with Gasteiger partial charge in [-0.25, -0.2) is 4.79 Å². The lowest BCUT2D eigenvalue weighted by Gasteiger charge is -2.41. The molecule has 15 nitrogen and oxygen atoms in total. The second-order valence-electron chi connectivity index (χ2n) is 17.0. The lowest BCUT2D eigenvalue weighted by atomic mass is 9.89. The maximum atomic E-state index is 14.5. The molecule has 1 fully saturated rings. The van der Waals surface area contributed by atoms with Gasteiger partial charge in [-0.2, -0.15) is 0 Å². The molecular weight excluding hydrogens is 769 g/mol. The van der Waals surface area contributed by atoms with Crippen LogP contribution in [0.2, 0.25) is 0 Å². The summed E-state index contributed by atoms with van der Waals surface area (Å²) >= 11 is 0. The molecule has 0 aliphatic carbocycles. The molecule has 0 aromatic heterocycles. The molecule has 9 atom stereocenters. The fourth-order valence-electron chi connectivity index (χ4n) is 8.40. The highest BCUT2D eigenvalue weighted by Gasteiger charge is 2.43. The second-order valence-corrected chi connectivity index (χ2v) is 17.0. The van der Waals surface area contributed by atoms with E-state index in [0.717, 1.165) is 18.5 Å². The summed E-state index contributed by atoms with van der Waals surface area (Å²) in [6.07, 6.45) is 1.00. The molecule has 0 unspecified atom stereocenters. The van der Waals surface area contributed by atoms with E-state index < -0.39 is 54.3 Å². The highest BCUT2D eigenvalue weighted by atomic mass is 16.5. The number of benzene rings is 1. The predicted molar refractivity (Wildman–Crippen MR) is 233 cm³/mol. The highest BCUT2D eigenvalue weighted by Crippen LogP contribution is 2.30. The SMILES string of the molecule is CC[C@H](C)[C@@H]([C@@H](CC(=O)N1CCC[C@H]1[C@H](OC)[C@@H](C)C(=O)N[C@@H](Cc1ccccc1)C(=O)OC)OC)N(C)C(=O)[C@@H](NC(=O)[C@H](C(C)C)N(C)CCOCCNC)C(C)C. The van der Waals surface area contributed by atoms with Gasteiger partial charge in [0.1, 0.15) is 12.1 Å². The first kappa shape index (κ1) is 52.5. The molecule has 15 heteroatoms. The van der Waals surface area contributed by atoms with E-state index in [1.807, 2.05) is 90.9 Å². The first-order valence-electron chi connectivity index (χ1n) is 21.8. The van der Waals surface area contributed by atoms with Crippen LogP contribution in [0.4, 0.5) is 0 Å². The number of rotatable bonds is 27. The normalized spacial score (nSPS) is 18.3. The van der Waals surface area contributed by atoms with Crippen molar-refractivity contribution in [3.05, 3.63) is 35.9 Å². The van der Waals surface area contributed by atoms with Gasteiger partial charge in [-0.3, -0.25) is 24.1 Å². The predicted octanol–water partition coefficient (Wildman–Crippen LogP) is 3.14. The molecule has 4 amide bonds. The first-order chi connectivity index (χ1) is 28.5. The molecule has 2 rings (SSSR count). The van der Waals surface area contributed by atoms with E-state index in [4.69, 9.17) is 18.9 Å². The Hall–Kier alpha value is -3.63. The fourth-order valence-corrected chi connectivity index (χ4v) is 8.40. The van der Waals surface area contributed by atoms with Crippen molar-refractivity contribution in [1.29, 1.82) is 0 Å². The number of likely N-dealkylation sites (N-methyl/N-ethyl adjacent to an activating group) is 3. The number of methoxy groups -OCH3 is 3. The van der Waals surface area contributed by atoms with Crippen molar-refractivity contribution in [3.63, 3.8) is 0 Å². The topological polar surface area (TPSA) is 168 Å². The molecular formula is C45H78N6O9. The van der Waals surface area contributed by atoms with Gasteiger partial charge >= 0.3 is 5.97 Å². The average Bonchev–Trinajstić information content (AvgIpc) is 3.71. The van der Waals surface area contributed by atoms with Gasteiger partial charge in [0.25, 0.3) is 0 Å². The van der Waals surface area contributed by atoms with Gasteiger partial charge in [0.05, 0.1) is 63.0 Å². The Balaban J connectivity index is 2.26. The molecule has 1 aromatic carbocycles. The minimum atomic E-state index is -0.897. The molecule has 0 saturated carbocycles. The number of carbonyl (C=O) groups is 5. The lowest BCUT2D eigenvalue weighted by Crippen LogP contribution is -2.60. The third-order valence-corrected chi connectivity index (χ3v) is 12.0. The molecule has 0 bridgehead atoms.